The molecule has 3 heteroatoms. The molecule has 1 heterocycles. The monoisotopic (exact) mass is 243 g/mol. The standard InChI is InChI=1S/C15H21N3/c1-3-17-11-14-7-8-18(2)15(14)13-6-4-5-12(9-13)10-16/h4-6,9,14-15,17H,3,7-8,11H2,1-2H3. The fourth-order valence-electron chi connectivity index (χ4n) is 2.89. The molecule has 0 spiro atoms. The molecular weight excluding hydrogens is 222 g/mol. The average Bonchev–Trinajstić information content (AvgIpc) is 2.77. The topological polar surface area (TPSA) is 39.1 Å². The van der Waals surface area contributed by atoms with Gasteiger partial charge in [-0.15, -0.1) is 0 Å². The zero-order chi connectivity index (χ0) is 13.0. The Hall–Kier alpha value is -1.37. The molecule has 2 unspecified atom stereocenters. The Morgan fingerprint density at radius 1 is 1.50 bits per heavy atom. The van der Waals surface area contributed by atoms with Crippen LogP contribution in [0.5, 0.6) is 0 Å². The number of nitrogens with one attached hydrogen (secondary N) is 1. The summed E-state index contributed by atoms with van der Waals surface area (Å²) in [6.07, 6.45) is 1.23. The van der Waals surface area contributed by atoms with Crippen LogP contribution in [0.4, 0.5) is 0 Å². The molecule has 96 valence electrons. The molecule has 0 bridgehead atoms. The number of likely N-dealkylation sites (tertiary alicyclic amines) is 1. The second kappa shape index (κ2) is 5.99. The molecule has 0 radical (unpaired) electrons. The summed E-state index contributed by atoms with van der Waals surface area (Å²) < 4.78 is 0. The Labute approximate surface area is 109 Å². The van der Waals surface area contributed by atoms with E-state index < -0.39 is 0 Å². The van der Waals surface area contributed by atoms with Gasteiger partial charge in [-0.05, 0) is 56.7 Å². The fourth-order valence-corrected chi connectivity index (χ4v) is 2.89. The van der Waals surface area contributed by atoms with Crippen LogP contribution in [0.2, 0.25) is 0 Å². The highest BCUT2D eigenvalue weighted by atomic mass is 15.2. The second-order valence-corrected chi connectivity index (χ2v) is 5.02. The maximum atomic E-state index is 9.00. The van der Waals surface area contributed by atoms with E-state index in [1.165, 1.54) is 12.0 Å². The number of hydrogen-bond acceptors (Lipinski definition) is 3. The van der Waals surface area contributed by atoms with E-state index in [1.807, 2.05) is 18.2 Å². The molecule has 1 aliphatic rings. The smallest absolute Gasteiger partial charge is 0.0991 e. The minimum Gasteiger partial charge on any atom is -0.317 e. The number of nitrogens with zero attached hydrogens (tertiary/aromatic N) is 2. The first-order valence-corrected chi connectivity index (χ1v) is 6.67. The summed E-state index contributed by atoms with van der Waals surface area (Å²) in [7, 11) is 2.18. The number of rotatable bonds is 4. The molecule has 0 aromatic heterocycles. The fraction of sp³-hybridized carbons (Fsp3) is 0.533. The Balaban J connectivity index is 2.19. The highest BCUT2D eigenvalue weighted by Gasteiger charge is 2.32. The highest BCUT2D eigenvalue weighted by molar-refractivity contribution is 5.34. The first-order chi connectivity index (χ1) is 8.76. The lowest BCUT2D eigenvalue weighted by atomic mass is 9.93. The summed E-state index contributed by atoms with van der Waals surface area (Å²) >= 11 is 0. The van der Waals surface area contributed by atoms with E-state index in [0.717, 1.165) is 25.2 Å². The van der Waals surface area contributed by atoms with Crippen LogP contribution in [0.1, 0.15) is 30.5 Å². The van der Waals surface area contributed by atoms with Gasteiger partial charge in [0.25, 0.3) is 0 Å². The quantitative estimate of drug-likeness (QED) is 0.881. The predicted octanol–water partition coefficient (Wildman–Crippen LogP) is 2.16. The first kappa shape index (κ1) is 13.1. The van der Waals surface area contributed by atoms with Crippen LogP contribution in [0.3, 0.4) is 0 Å². The van der Waals surface area contributed by atoms with Gasteiger partial charge in [0.15, 0.2) is 0 Å². The molecule has 1 aromatic carbocycles. The lowest BCUT2D eigenvalue weighted by Crippen LogP contribution is -2.28. The molecular formula is C15H21N3. The van der Waals surface area contributed by atoms with Gasteiger partial charge in [0.05, 0.1) is 11.6 Å². The van der Waals surface area contributed by atoms with Crippen LogP contribution >= 0.6 is 0 Å². The van der Waals surface area contributed by atoms with E-state index in [0.29, 0.717) is 12.0 Å². The van der Waals surface area contributed by atoms with Gasteiger partial charge in [-0.2, -0.15) is 5.26 Å². The molecule has 1 saturated heterocycles. The molecule has 1 N–H and O–H groups in total. The third kappa shape index (κ3) is 2.72. The van der Waals surface area contributed by atoms with Crippen LogP contribution in [0.15, 0.2) is 24.3 Å². The average molecular weight is 243 g/mol. The zero-order valence-electron chi connectivity index (χ0n) is 11.2. The van der Waals surface area contributed by atoms with Crippen molar-refractivity contribution in [2.45, 2.75) is 19.4 Å². The SMILES string of the molecule is CCNCC1CCN(C)C1c1cccc(C#N)c1. The van der Waals surface area contributed by atoms with Crippen molar-refractivity contribution in [1.29, 1.82) is 5.26 Å². The normalized spacial score (nSPS) is 24.1. The highest BCUT2D eigenvalue weighted by Crippen LogP contribution is 2.35. The van der Waals surface area contributed by atoms with Gasteiger partial charge in [-0.1, -0.05) is 19.1 Å². The van der Waals surface area contributed by atoms with E-state index in [2.05, 4.69) is 36.3 Å². The molecule has 2 atom stereocenters. The van der Waals surface area contributed by atoms with E-state index in [-0.39, 0.29) is 0 Å². The van der Waals surface area contributed by atoms with Crippen molar-refractivity contribution in [2.75, 3.05) is 26.7 Å². The van der Waals surface area contributed by atoms with Crippen molar-refractivity contribution in [3.8, 4) is 6.07 Å². The van der Waals surface area contributed by atoms with Gasteiger partial charge in [0, 0.05) is 6.04 Å². The number of benzene rings is 1. The molecule has 1 aliphatic heterocycles. The molecule has 3 nitrogen and oxygen atoms in total. The van der Waals surface area contributed by atoms with Crippen molar-refractivity contribution in [1.82, 2.24) is 10.2 Å². The molecule has 2 rings (SSSR count). The maximum Gasteiger partial charge on any atom is 0.0991 e. The van der Waals surface area contributed by atoms with Gasteiger partial charge >= 0.3 is 0 Å². The Morgan fingerprint density at radius 2 is 2.33 bits per heavy atom. The summed E-state index contributed by atoms with van der Waals surface area (Å²) in [4.78, 5) is 2.40. The zero-order valence-corrected chi connectivity index (χ0v) is 11.2. The van der Waals surface area contributed by atoms with Crippen molar-refractivity contribution < 1.29 is 0 Å². The van der Waals surface area contributed by atoms with Crippen LogP contribution < -0.4 is 5.32 Å². The Morgan fingerprint density at radius 3 is 3.06 bits per heavy atom. The summed E-state index contributed by atoms with van der Waals surface area (Å²) in [5.41, 5.74) is 2.03. The largest absolute Gasteiger partial charge is 0.317 e. The van der Waals surface area contributed by atoms with Crippen molar-refractivity contribution >= 4 is 0 Å². The van der Waals surface area contributed by atoms with Crippen molar-refractivity contribution in [2.24, 2.45) is 5.92 Å². The lowest BCUT2D eigenvalue weighted by molar-refractivity contribution is 0.273. The minimum atomic E-state index is 0.442. The van der Waals surface area contributed by atoms with Gasteiger partial charge in [0.1, 0.15) is 0 Å². The summed E-state index contributed by atoms with van der Waals surface area (Å²) in [5.74, 6) is 0.642. The predicted molar refractivity (Wildman–Crippen MR) is 73.2 cm³/mol. The lowest BCUT2D eigenvalue weighted by Gasteiger charge is -2.26. The number of nitriles is 1. The summed E-state index contributed by atoms with van der Waals surface area (Å²) in [6.45, 7) is 5.36. The minimum absolute atomic E-state index is 0.442. The van der Waals surface area contributed by atoms with Crippen LogP contribution in [0, 0.1) is 17.2 Å². The van der Waals surface area contributed by atoms with Gasteiger partial charge in [-0.3, -0.25) is 4.90 Å². The van der Waals surface area contributed by atoms with E-state index in [1.54, 1.807) is 0 Å². The van der Waals surface area contributed by atoms with Gasteiger partial charge in [-0.25, -0.2) is 0 Å². The molecule has 0 saturated carbocycles. The molecule has 1 aromatic rings. The first-order valence-electron chi connectivity index (χ1n) is 6.67. The van der Waals surface area contributed by atoms with Crippen molar-refractivity contribution in [3.05, 3.63) is 35.4 Å². The molecule has 18 heavy (non-hydrogen) atoms. The second-order valence-electron chi connectivity index (χ2n) is 5.02. The molecule has 1 fully saturated rings. The Kier molecular flexibility index (Phi) is 4.35. The van der Waals surface area contributed by atoms with Gasteiger partial charge < -0.3 is 5.32 Å². The van der Waals surface area contributed by atoms with Gasteiger partial charge in [0.2, 0.25) is 0 Å². The number of hydrogen-bond donors (Lipinski definition) is 1. The van der Waals surface area contributed by atoms with E-state index in [9.17, 15) is 0 Å². The third-order valence-corrected chi connectivity index (χ3v) is 3.79. The molecule has 0 aliphatic carbocycles. The van der Waals surface area contributed by atoms with E-state index in [4.69, 9.17) is 5.26 Å². The molecule has 0 amide bonds. The third-order valence-electron chi connectivity index (χ3n) is 3.79. The summed E-state index contributed by atoms with van der Waals surface area (Å²) in [6, 6.07) is 10.7. The van der Waals surface area contributed by atoms with Crippen molar-refractivity contribution in [3.63, 3.8) is 0 Å². The van der Waals surface area contributed by atoms with E-state index >= 15 is 0 Å². The van der Waals surface area contributed by atoms with Crippen LogP contribution in [-0.4, -0.2) is 31.6 Å². The Bertz CT molecular complexity index is 436. The van der Waals surface area contributed by atoms with Crippen LogP contribution in [-0.2, 0) is 0 Å². The maximum absolute atomic E-state index is 9.00. The van der Waals surface area contributed by atoms with Crippen LogP contribution in [0.25, 0.3) is 0 Å². The summed E-state index contributed by atoms with van der Waals surface area (Å²) in [5, 5.41) is 12.4.